The maximum Gasteiger partial charge on any atom is 0.129 e. The summed E-state index contributed by atoms with van der Waals surface area (Å²) in [6.45, 7) is 6.28. The molecule has 16 heavy (non-hydrogen) atoms. The van der Waals surface area contributed by atoms with Gasteiger partial charge in [-0.25, -0.2) is 0 Å². The lowest BCUT2D eigenvalue weighted by Gasteiger charge is -2.09. The highest BCUT2D eigenvalue weighted by molar-refractivity contribution is 9.10. The van der Waals surface area contributed by atoms with E-state index in [1.54, 1.807) is 6.92 Å². The first-order valence-corrected chi connectivity index (χ1v) is 6.19. The van der Waals surface area contributed by atoms with Crippen molar-refractivity contribution in [2.45, 2.75) is 33.6 Å². The normalized spacial score (nSPS) is 10.2. The minimum Gasteiger partial charge on any atom is -0.494 e. The summed E-state index contributed by atoms with van der Waals surface area (Å²) in [7, 11) is 0. The first kappa shape index (κ1) is 13.2. The van der Waals surface area contributed by atoms with Gasteiger partial charge in [-0.15, -0.1) is 0 Å². The van der Waals surface area contributed by atoms with Crippen molar-refractivity contribution in [1.29, 1.82) is 0 Å². The van der Waals surface area contributed by atoms with Gasteiger partial charge >= 0.3 is 0 Å². The van der Waals surface area contributed by atoms with Gasteiger partial charge in [-0.05, 0) is 50.5 Å². The predicted octanol–water partition coefficient (Wildman–Crippen LogP) is 3.81. The van der Waals surface area contributed by atoms with E-state index < -0.39 is 0 Å². The van der Waals surface area contributed by atoms with Crippen molar-refractivity contribution < 1.29 is 9.53 Å². The van der Waals surface area contributed by atoms with Gasteiger partial charge in [0.25, 0.3) is 0 Å². The van der Waals surface area contributed by atoms with E-state index in [1.807, 2.05) is 26.0 Å². The van der Waals surface area contributed by atoms with Crippen LogP contribution in [0, 0.1) is 13.8 Å². The van der Waals surface area contributed by atoms with Crippen LogP contribution in [0.25, 0.3) is 0 Å². The number of halogens is 1. The molecule has 1 aromatic rings. The number of Topliss-reactive ketones (excluding diaryl/α,β-unsaturated/α-hetero) is 1. The zero-order valence-corrected chi connectivity index (χ0v) is 11.6. The molecule has 0 saturated heterocycles. The third-order valence-electron chi connectivity index (χ3n) is 2.35. The zero-order chi connectivity index (χ0) is 12.1. The van der Waals surface area contributed by atoms with Crippen LogP contribution < -0.4 is 4.74 Å². The van der Waals surface area contributed by atoms with Crippen LogP contribution in [-0.4, -0.2) is 12.4 Å². The average molecular weight is 285 g/mol. The first-order valence-electron chi connectivity index (χ1n) is 5.39. The van der Waals surface area contributed by atoms with Crippen molar-refractivity contribution in [2.24, 2.45) is 0 Å². The Kier molecular flexibility index (Phi) is 5.00. The minimum absolute atomic E-state index is 0.215. The van der Waals surface area contributed by atoms with Gasteiger partial charge < -0.3 is 9.53 Å². The molecule has 88 valence electrons. The lowest BCUT2D eigenvalue weighted by molar-refractivity contribution is -0.117. The first-order chi connectivity index (χ1) is 7.50. The van der Waals surface area contributed by atoms with E-state index in [2.05, 4.69) is 15.9 Å². The average Bonchev–Trinajstić information content (AvgIpc) is 2.20. The highest BCUT2D eigenvalue weighted by Crippen LogP contribution is 2.26. The SMILES string of the molecule is CC(=O)CCCOc1cc(C)c(Br)c(C)c1. The third kappa shape index (κ3) is 3.97. The van der Waals surface area contributed by atoms with E-state index in [4.69, 9.17) is 4.74 Å². The van der Waals surface area contributed by atoms with Crippen molar-refractivity contribution >= 4 is 21.7 Å². The van der Waals surface area contributed by atoms with Gasteiger partial charge in [0.15, 0.2) is 0 Å². The van der Waals surface area contributed by atoms with Crippen LogP contribution in [0.3, 0.4) is 0 Å². The third-order valence-corrected chi connectivity index (χ3v) is 3.60. The van der Waals surface area contributed by atoms with Gasteiger partial charge in [-0.3, -0.25) is 0 Å². The molecule has 1 rings (SSSR count). The second-order valence-electron chi connectivity index (χ2n) is 4.03. The second-order valence-corrected chi connectivity index (χ2v) is 4.82. The number of carbonyl (C=O) groups excluding carboxylic acids is 1. The largest absolute Gasteiger partial charge is 0.494 e. The van der Waals surface area contributed by atoms with Gasteiger partial charge in [0.1, 0.15) is 11.5 Å². The minimum atomic E-state index is 0.215. The molecule has 0 N–H and O–H groups in total. The number of aryl methyl sites for hydroxylation is 2. The van der Waals surface area contributed by atoms with Crippen LogP contribution in [0.15, 0.2) is 16.6 Å². The van der Waals surface area contributed by atoms with Crippen LogP contribution in [0.1, 0.15) is 30.9 Å². The Morgan fingerprint density at radius 2 is 1.88 bits per heavy atom. The monoisotopic (exact) mass is 284 g/mol. The summed E-state index contributed by atoms with van der Waals surface area (Å²) in [6.07, 6.45) is 1.37. The number of hydrogen-bond acceptors (Lipinski definition) is 2. The van der Waals surface area contributed by atoms with Crippen molar-refractivity contribution in [1.82, 2.24) is 0 Å². The number of benzene rings is 1. The predicted molar refractivity (Wildman–Crippen MR) is 69.0 cm³/mol. The number of carbonyl (C=O) groups is 1. The van der Waals surface area contributed by atoms with E-state index >= 15 is 0 Å². The Labute approximate surface area is 105 Å². The van der Waals surface area contributed by atoms with Gasteiger partial charge in [0, 0.05) is 10.9 Å². The van der Waals surface area contributed by atoms with Crippen LogP contribution >= 0.6 is 15.9 Å². The molecule has 0 aromatic heterocycles. The summed E-state index contributed by atoms with van der Waals surface area (Å²) in [5, 5.41) is 0. The quantitative estimate of drug-likeness (QED) is 0.769. The molecule has 0 spiro atoms. The summed E-state index contributed by atoms with van der Waals surface area (Å²) >= 11 is 3.51. The van der Waals surface area contributed by atoms with Gasteiger partial charge in [0.05, 0.1) is 6.61 Å². The molecule has 0 aliphatic carbocycles. The second kappa shape index (κ2) is 6.04. The standard InChI is InChI=1S/C13H17BrO2/c1-9-7-12(8-10(2)13(9)14)16-6-4-5-11(3)15/h7-8H,4-6H2,1-3H3. The summed E-state index contributed by atoms with van der Waals surface area (Å²) < 4.78 is 6.73. The van der Waals surface area contributed by atoms with Crippen LogP contribution in [0.2, 0.25) is 0 Å². The van der Waals surface area contributed by atoms with E-state index in [-0.39, 0.29) is 5.78 Å². The van der Waals surface area contributed by atoms with Crippen molar-refractivity contribution in [3.8, 4) is 5.75 Å². The molecule has 0 aliphatic heterocycles. The smallest absolute Gasteiger partial charge is 0.129 e. The molecule has 0 fully saturated rings. The molecule has 2 nitrogen and oxygen atoms in total. The summed E-state index contributed by atoms with van der Waals surface area (Å²) in [6, 6.07) is 4.01. The number of ketones is 1. The summed E-state index contributed by atoms with van der Waals surface area (Å²) in [5.74, 6) is 1.09. The van der Waals surface area contributed by atoms with Crippen LogP contribution in [0.4, 0.5) is 0 Å². The molecule has 0 bridgehead atoms. The molecule has 0 heterocycles. The Hall–Kier alpha value is -0.830. The molecule has 0 amide bonds. The van der Waals surface area contributed by atoms with Gasteiger partial charge in [0.2, 0.25) is 0 Å². The fraction of sp³-hybridized carbons (Fsp3) is 0.462. The maximum absolute atomic E-state index is 10.7. The van der Waals surface area contributed by atoms with Crippen LogP contribution in [-0.2, 0) is 4.79 Å². The fourth-order valence-corrected chi connectivity index (χ4v) is 1.73. The zero-order valence-electron chi connectivity index (χ0n) is 9.97. The number of rotatable bonds is 5. The van der Waals surface area contributed by atoms with Crippen LogP contribution in [0.5, 0.6) is 5.75 Å². The lowest BCUT2D eigenvalue weighted by Crippen LogP contribution is -2.01. The molecular weight excluding hydrogens is 268 g/mol. The maximum atomic E-state index is 10.7. The Morgan fingerprint density at radius 3 is 2.38 bits per heavy atom. The van der Waals surface area contributed by atoms with E-state index in [1.165, 1.54) is 11.1 Å². The van der Waals surface area contributed by atoms with Crippen molar-refractivity contribution in [2.75, 3.05) is 6.61 Å². The van der Waals surface area contributed by atoms with Gasteiger partial charge in [-0.2, -0.15) is 0 Å². The fourth-order valence-electron chi connectivity index (χ4n) is 1.50. The van der Waals surface area contributed by atoms with Crippen molar-refractivity contribution in [3.05, 3.63) is 27.7 Å². The number of ether oxygens (including phenoxy) is 1. The highest BCUT2D eigenvalue weighted by atomic mass is 79.9. The summed E-state index contributed by atoms with van der Waals surface area (Å²) in [4.78, 5) is 10.7. The van der Waals surface area contributed by atoms with Gasteiger partial charge in [-0.1, -0.05) is 15.9 Å². The molecule has 0 saturated carbocycles. The molecule has 0 unspecified atom stereocenters. The number of hydrogen-bond donors (Lipinski definition) is 0. The Morgan fingerprint density at radius 1 is 1.31 bits per heavy atom. The lowest BCUT2D eigenvalue weighted by atomic mass is 10.1. The Balaban J connectivity index is 2.52. The summed E-state index contributed by atoms with van der Waals surface area (Å²) in [5.41, 5.74) is 2.34. The molecule has 3 heteroatoms. The Bertz CT molecular complexity index is 363. The topological polar surface area (TPSA) is 26.3 Å². The molecular formula is C13H17BrO2. The molecule has 1 aromatic carbocycles. The molecule has 0 radical (unpaired) electrons. The van der Waals surface area contributed by atoms with E-state index in [0.29, 0.717) is 13.0 Å². The van der Waals surface area contributed by atoms with Crippen molar-refractivity contribution in [3.63, 3.8) is 0 Å². The van der Waals surface area contributed by atoms with E-state index in [9.17, 15) is 4.79 Å². The molecule has 0 aliphatic rings. The molecule has 0 atom stereocenters. The highest BCUT2D eigenvalue weighted by Gasteiger charge is 2.03. The van der Waals surface area contributed by atoms with E-state index in [0.717, 1.165) is 16.6 Å².